The molecule has 100 valence electrons. The van der Waals surface area contributed by atoms with E-state index in [9.17, 15) is 4.79 Å². The number of aryl methyl sites for hydroxylation is 2. The molecule has 2 heterocycles. The zero-order valence-electron chi connectivity index (χ0n) is 10.8. The molecule has 0 aliphatic carbocycles. The van der Waals surface area contributed by atoms with Crippen LogP contribution in [-0.2, 0) is 4.74 Å². The number of aromatic nitrogens is 1. The van der Waals surface area contributed by atoms with Gasteiger partial charge in [0.15, 0.2) is 5.89 Å². The van der Waals surface area contributed by atoms with Crippen LogP contribution >= 0.6 is 11.6 Å². The Hall–Kier alpha value is -1.07. The molecule has 1 amide bonds. The Morgan fingerprint density at radius 3 is 2.78 bits per heavy atom. The summed E-state index contributed by atoms with van der Waals surface area (Å²) in [7, 11) is 0. The minimum Gasteiger partial charge on any atom is -0.436 e. The molecule has 0 aromatic carbocycles. The minimum absolute atomic E-state index is 0.0178. The molecule has 0 bridgehead atoms. The lowest BCUT2D eigenvalue weighted by Crippen LogP contribution is -2.49. The van der Waals surface area contributed by atoms with Crippen LogP contribution in [0.1, 0.15) is 29.1 Å². The number of halogens is 1. The molecule has 6 heteroatoms. The van der Waals surface area contributed by atoms with Crippen molar-refractivity contribution < 1.29 is 13.9 Å². The summed E-state index contributed by atoms with van der Waals surface area (Å²) >= 11 is 5.80. The maximum atomic E-state index is 12.3. The Labute approximate surface area is 111 Å². The summed E-state index contributed by atoms with van der Waals surface area (Å²) in [5.41, 5.74) is 0.624. The highest BCUT2D eigenvalue weighted by atomic mass is 35.5. The third-order valence-corrected chi connectivity index (χ3v) is 3.23. The Morgan fingerprint density at radius 2 is 2.22 bits per heavy atom. The third kappa shape index (κ3) is 2.67. The number of alkyl halides is 1. The molecule has 0 saturated carbocycles. The molecule has 1 aromatic heterocycles. The second kappa shape index (κ2) is 5.28. The highest BCUT2D eigenvalue weighted by molar-refractivity contribution is 6.18. The fourth-order valence-corrected chi connectivity index (χ4v) is 2.34. The van der Waals surface area contributed by atoms with Gasteiger partial charge in [0.1, 0.15) is 0 Å². The van der Waals surface area contributed by atoms with E-state index in [1.807, 2.05) is 6.92 Å². The van der Waals surface area contributed by atoms with E-state index >= 15 is 0 Å². The van der Waals surface area contributed by atoms with Crippen molar-refractivity contribution in [1.82, 2.24) is 9.88 Å². The van der Waals surface area contributed by atoms with Gasteiger partial charge in [-0.15, -0.1) is 11.6 Å². The van der Waals surface area contributed by atoms with E-state index in [0.29, 0.717) is 36.3 Å². The maximum absolute atomic E-state index is 12.3. The Bertz CT molecular complexity index is 447. The Balaban J connectivity index is 2.15. The molecule has 1 saturated heterocycles. The number of rotatable bonds is 2. The van der Waals surface area contributed by atoms with Gasteiger partial charge in [0.2, 0.25) is 5.76 Å². The van der Waals surface area contributed by atoms with Gasteiger partial charge in [-0.25, -0.2) is 4.98 Å². The van der Waals surface area contributed by atoms with Crippen LogP contribution in [0.3, 0.4) is 0 Å². The summed E-state index contributed by atoms with van der Waals surface area (Å²) in [6.45, 7) is 6.47. The monoisotopic (exact) mass is 272 g/mol. The Morgan fingerprint density at radius 1 is 1.50 bits per heavy atom. The molecule has 0 radical (unpaired) electrons. The SMILES string of the molecule is Cc1nc(C)c(C(=O)N2CC(C)OC(CCl)C2)o1. The number of carbonyl (C=O) groups is 1. The van der Waals surface area contributed by atoms with Gasteiger partial charge in [0.05, 0.1) is 23.8 Å². The number of amides is 1. The van der Waals surface area contributed by atoms with Gasteiger partial charge >= 0.3 is 0 Å². The molecule has 0 N–H and O–H groups in total. The summed E-state index contributed by atoms with van der Waals surface area (Å²) in [5, 5.41) is 0. The number of ether oxygens (including phenoxy) is 1. The topological polar surface area (TPSA) is 55.6 Å². The molecule has 1 aliphatic heterocycles. The number of carbonyl (C=O) groups excluding carboxylic acids is 1. The largest absolute Gasteiger partial charge is 0.436 e. The van der Waals surface area contributed by atoms with Crippen molar-refractivity contribution in [2.45, 2.75) is 33.0 Å². The molecular formula is C12H17ClN2O3. The lowest BCUT2D eigenvalue weighted by molar-refractivity contribution is -0.0577. The number of hydrogen-bond donors (Lipinski definition) is 0. The van der Waals surface area contributed by atoms with Gasteiger partial charge in [-0.1, -0.05) is 0 Å². The highest BCUT2D eigenvalue weighted by Crippen LogP contribution is 2.18. The Kier molecular flexibility index (Phi) is 3.92. The van der Waals surface area contributed by atoms with E-state index in [4.69, 9.17) is 20.8 Å². The third-order valence-electron chi connectivity index (χ3n) is 2.88. The van der Waals surface area contributed by atoms with E-state index in [-0.39, 0.29) is 18.1 Å². The summed E-state index contributed by atoms with van der Waals surface area (Å²) in [6, 6.07) is 0. The fourth-order valence-electron chi connectivity index (χ4n) is 2.17. The summed E-state index contributed by atoms with van der Waals surface area (Å²) in [5.74, 6) is 1.06. The lowest BCUT2D eigenvalue weighted by atomic mass is 10.2. The maximum Gasteiger partial charge on any atom is 0.291 e. The number of hydrogen-bond acceptors (Lipinski definition) is 4. The van der Waals surface area contributed by atoms with Crippen molar-refractivity contribution in [3.05, 3.63) is 17.3 Å². The first-order valence-electron chi connectivity index (χ1n) is 5.96. The molecule has 5 nitrogen and oxygen atoms in total. The number of morpholine rings is 1. The summed E-state index contributed by atoms with van der Waals surface area (Å²) in [6.07, 6.45) is -0.139. The number of oxazole rings is 1. The molecule has 2 unspecified atom stereocenters. The predicted molar refractivity (Wildman–Crippen MR) is 66.9 cm³/mol. The second-order valence-electron chi connectivity index (χ2n) is 4.58. The van der Waals surface area contributed by atoms with Gasteiger partial charge in [-0.05, 0) is 13.8 Å². The molecule has 1 fully saturated rings. The van der Waals surface area contributed by atoms with Crippen LogP contribution in [-0.4, -0.2) is 47.0 Å². The van der Waals surface area contributed by atoms with Crippen molar-refractivity contribution in [2.24, 2.45) is 0 Å². The van der Waals surface area contributed by atoms with Crippen LogP contribution < -0.4 is 0 Å². The molecule has 2 atom stereocenters. The molecule has 0 spiro atoms. The first kappa shape index (κ1) is 13.4. The van der Waals surface area contributed by atoms with E-state index in [2.05, 4.69) is 4.98 Å². The van der Waals surface area contributed by atoms with Crippen LogP contribution in [0.5, 0.6) is 0 Å². The van der Waals surface area contributed by atoms with Crippen molar-refractivity contribution in [3.63, 3.8) is 0 Å². The molecule has 2 rings (SSSR count). The van der Waals surface area contributed by atoms with Gasteiger partial charge in [-0.2, -0.15) is 0 Å². The lowest BCUT2D eigenvalue weighted by Gasteiger charge is -2.35. The predicted octanol–water partition coefficient (Wildman–Crippen LogP) is 1.76. The van der Waals surface area contributed by atoms with E-state index < -0.39 is 0 Å². The second-order valence-corrected chi connectivity index (χ2v) is 4.89. The molecule has 1 aliphatic rings. The average Bonchev–Trinajstić information content (AvgIpc) is 2.66. The number of nitrogens with zero attached hydrogens (tertiary/aromatic N) is 2. The van der Waals surface area contributed by atoms with Gasteiger partial charge in [0, 0.05) is 20.0 Å². The fraction of sp³-hybridized carbons (Fsp3) is 0.667. The highest BCUT2D eigenvalue weighted by Gasteiger charge is 2.31. The standard InChI is InChI=1S/C12H17ClN2O3/c1-7-5-15(6-10(4-13)17-7)12(16)11-8(2)14-9(3)18-11/h7,10H,4-6H2,1-3H3. The van der Waals surface area contributed by atoms with Gasteiger partial charge in [0.25, 0.3) is 5.91 Å². The molecular weight excluding hydrogens is 256 g/mol. The van der Waals surface area contributed by atoms with Crippen molar-refractivity contribution in [3.8, 4) is 0 Å². The van der Waals surface area contributed by atoms with Crippen LogP contribution in [0.15, 0.2) is 4.42 Å². The van der Waals surface area contributed by atoms with Crippen LogP contribution in [0.2, 0.25) is 0 Å². The minimum atomic E-state index is -0.140. The van der Waals surface area contributed by atoms with E-state index in [1.54, 1.807) is 18.7 Å². The van der Waals surface area contributed by atoms with Gasteiger partial charge in [-0.3, -0.25) is 4.79 Å². The van der Waals surface area contributed by atoms with Crippen molar-refractivity contribution in [2.75, 3.05) is 19.0 Å². The average molecular weight is 273 g/mol. The zero-order chi connectivity index (χ0) is 13.3. The van der Waals surface area contributed by atoms with Crippen LogP contribution in [0.4, 0.5) is 0 Å². The van der Waals surface area contributed by atoms with Crippen LogP contribution in [0.25, 0.3) is 0 Å². The van der Waals surface area contributed by atoms with Crippen molar-refractivity contribution >= 4 is 17.5 Å². The molecule has 1 aromatic rings. The quantitative estimate of drug-likeness (QED) is 0.770. The molecule has 18 heavy (non-hydrogen) atoms. The van der Waals surface area contributed by atoms with Crippen LogP contribution in [0, 0.1) is 13.8 Å². The normalized spacial score (nSPS) is 24.3. The van der Waals surface area contributed by atoms with Gasteiger partial charge < -0.3 is 14.1 Å². The van der Waals surface area contributed by atoms with Crippen molar-refractivity contribution in [1.29, 1.82) is 0 Å². The summed E-state index contributed by atoms with van der Waals surface area (Å²) in [4.78, 5) is 18.2. The van der Waals surface area contributed by atoms with E-state index in [1.165, 1.54) is 0 Å². The smallest absolute Gasteiger partial charge is 0.291 e. The first-order chi connectivity index (χ1) is 8.51. The van der Waals surface area contributed by atoms with E-state index in [0.717, 1.165) is 0 Å². The first-order valence-corrected chi connectivity index (χ1v) is 6.49. The zero-order valence-corrected chi connectivity index (χ0v) is 11.5. The summed E-state index contributed by atoms with van der Waals surface area (Å²) < 4.78 is 11.0.